The maximum Gasteiger partial charge on any atom is 0.284 e. The van der Waals surface area contributed by atoms with Crippen molar-refractivity contribution in [2.45, 2.75) is 13.5 Å². The summed E-state index contributed by atoms with van der Waals surface area (Å²) in [5.41, 5.74) is 1.10. The molecule has 1 amide bonds. The number of hydrogen-bond acceptors (Lipinski definition) is 4. The molecule has 0 aliphatic heterocycles. The van der Waals surface area contributed by atoms with E-state index < -0.39 is 0 Å². The first-order valence-electron chi connectivity index (χ1n) is 6.25. The molecular formula is C14H14N4OS. The average molecular weight is 286 g/mol. The lowest BCUT2D eigenvalue weighted by atomic mass is 10.2. The molecule has 6 heteroatoms. The molecule has 0 saturated carbocycles. The van der Waals surface area contributed by atoms with Gasteiger partial charge in [-0.3, -0.25) is 4.79 Å². The van der Waals surface area contributed by atoms with Gasteiger partial charge >= 0.3 is 0 Å². The predicted octanol–water partition coefficient (Wildman–Crippen LogP) is 2.37. The van der Waals surface area contributed by atoms with Crippen molar-refractivity contribution in [1.82, 2.24) is 19.5 Å². The van der Waals surface area contributed by atoms with Crippen LogP contribution in [0.15, 0.2) is 36.5 Å². The summed E-state index contributed by atoms with van der Waals surface area (Å²) in [6.07, 6.45) is 1.74. The van der Waals surface area contributed by atoms with E-state index in [4.69, 9.17) is 0 Å². The van der Waals surface area contributed by atoms with Crippen LogP contribution in [0.25, 0.3) is 4.83 Å². The zero-order valence-electron chi connectivity index (χ0n) is 11.3. The maximum absolute atomic E-state index is 12.4. The van der Waals surface area contributed by atoms with E-state index in [9.17, 15) is 4.79 Å². The van der Waals surface area contributed by atoms with E-state index in [0.29, 0.717) is 11.6 Å². The molecule has 3 aromatic rings. The monoisotopic (exact) mass is 286 g/mol. The summed E-state index contributed by atoms with van der Waals surface area (Å²) in [4.78, 5) is 19.1. The van der Waals surface area contributed by atoms with Gasteiger partial charge in [0.05, 0.1) is 6.20 Å². The molecule has 5 nitrogen and oxygen atoms in total. The summed E-state index contributed by atoms with van der Waals surface area (Å²) in [7, 11) is 1.79. The molecule has 0 aliphatic rings. The van der Waals surface area contributed by atoms with Crippen LogP contribution in [-0.2, 0) is 6.54 Å². The van der Waals surface area contributed by atoms with Crippen molar-refractivity contribution in [3.05, 3.63) is 52.9 Å². The Bertz CT molecular complexity index is 747. The summed E-state index contributed by atoms with van der Waals surface area (Å²) >= 11 is 1.36. The second kappa shape index (κ2) is 5.05. The highest BCUT2D eigenvalue weighted by atomic mass is 32.1. The SMILES string of the molecule is Cc1ncc2sc(C(=O)N(C)Cc3ccccc3)nn12. The Kier molecular flexibility index (Phi) is 3.23. The number of aryl methyl sites for hydroxylation is 1. The van der Waals surface area contributed by atoms with Gasteiger partial charge in [-0.25, -0.2) is 9.50 Å². The molecule has 0 atom stereocenters. The van der Waals surface area contributed by atoms with Crippen LogP contribution >= 0.6 is 11.3 Å². The van der Waals surface area contributed by atoms with Gasteiger partial charge in [0, 0.05) is 13.6 Å². The number of aromatic nitrogens is 3. The highest BCUT2D eigenvalue weighted by Crippen LogP contribution is 2.18. The lowest BCUT2D eigenvalue weighted by molar-refractivity contribution is 0.0783. The van der Waals surface area contributed by atoms with E-state index in [1.807, 2.05) is 37.3 Å². The lowest BCUT2D eigenvalue weighted by Crippen LogP contribution is -2.26. The number of nitrogens with zero attached hydrogens (tertiary/aromatic N) is 4. The molecule has 0 unspecified atom stereocenters. The molecule has 1 aromatic carbocycles. The first-order chi connectivity index (χ1) is 9.65. The zero-order valence-corrected chi connectivity index (χ0v) is 12.1. The Morgan fingerprint density at radius 2 is 2.10 bits per heavy atom. The number of amides is 1. The van der Waals surface area contributed by atoms with Gasteiger partial charge in [-0.15, -0.1) is 5.10 Å². The summed E-state index contributed by atoms with van der Waals surface area (Å²) in [5, 5.41) is 4.81. The minimum Gasteiger partial charge on any atom is -0.335 e. The second-order valence-electron chi connectivity index (χ2n) is 4.61. The molecule has 0 saturated heterocycles. The Morgan fingerprint density at radius 3 is 2.80 bits per heavy atom. The first kappa shape index (κ1) is 12.8. The quantitative estimate of drug-likeness (QED) is 0.742. The van der Waals surface area contributed by atoms with Crippen LogP contribution in [0, 0.1) is 6.92 Å². The van der Waals surface area contributed by atoms with E-state index in [1.54, 1.807) is 22.7 Å². The number of rotatable bonds is 3. The summed E-state index contributed by atoms with van der Waals surface area (Å²) in [5.74, 6) is 0.725. The maximum atomic E-state index is 12.4. The van der Waals surface area contributed by atoms with Crippen LogP contribution in [-0.4, -0.2) is 32.5 Å². The minimum absolute atomic E-state index is 0.0676. The average Bonchev–Trinajstić information content (AvgIpc) is 3.02. The summed E-state index contributed by atoms with van der Waals surface area (Å²) in [6.45, 7) is 2.44. The summed E-state index contributed by atoms with van der Waals surface area (Å²) < 4.78 is 1.70. The van der Waals surface area contributed by atoms with Gasteiger partial charge in [0.1, 0.15) is 10.7 Å². The molecule has 0 radical (unpaired) electrons. The third-order valence-electron chi connectivity index (χ3n) is 3.06. The van der Waals surface area contributed by atoms with E-state index in [2.05, 4.69) is 10.1 Å². The number of carbonyl (C=O) groups is 1. The van der Waals surface area contributed by atoms with Gasteiger partial charge < -0.3 is 4.90 Å². The smallest absolute Gasteiger partial charge is 0.284 e. The van der Waals surface area contributed by atoms with E-state index in [0.717, 1.165) is 16.2 Å². The molecular weight excluding hydrogens is 272 g/mol. The molecule has 102 valence electrons. The molecule has 0 bridgehead atoms. The molecule has 3 rings (SSSR count). The van der Waals surface area contributed by atoms with E-state index in [-0.39, 0.29) is 5.91 Å². The first-order valence-corrected chi connectivity index (χ1v) is 7.07. The molecule has 0 N–H and O–H groups in total. The number of carbonyl (C=O) groups excluding carboxylic acids is 1. The fraction of sp³-hybridized carbons (Fsp3) is 0.214. The standard InChI is InChI=1S/C14H14N4OS/c1-10-15-8-12-18(10)16-13(20-12)14(19)17(2)9-11-6-4-3-5-7-11/h3-8H,9H2,1-2H3. The van der Waals surface area contributed by atoms with Crippen molar-refractivity contribution in [2.24, 2.45) is 0 Å². The topological polar surface area (TPSA) is 50.5 Å². The fourth-order valence-electron chi connectivity index (χ4n) is 2.00. The van der Waals surface area contributed by atoms with Crippen molar-refractivity contribution in [1.29, 1.82) is 0 Å². The largest absolute Gasteiger partial charge is 0.335 e. The van der Waals surface area contributed by atoms with E-state index >= 15 is 0 Å². The Balaban J connectivity index is 1.80. The second-order valence-corrected chi connectivity index (χ2v) is 5.62. The van der Waals surface area contributed by atoms with Crippen molar-refractivity contribution in [3.63, 3.8) is 0 Å². The molecule has 0 aliphatic carbocycles. The highest BCUT2D eigenvalue weighted by Gasteiger charge is 2.18. The Morgan fingerprint density at radius 1 is 1.35 bits per heavy atom. The van der Waals surface area contributed by atoms with Gasteiger partial charge in [0.15, 0.2) is 0 Å². The lowest BCUT2D eigenvalue weighted by Gasteiger charge is -2.15. The predicted molar refractivity (Wildman–Crippen MR) is 77.8 cm³/mol. The zero-order chi connectivity index (χ0) is 14.1. The van der Waals surface area contributed by atoms with Gasteiger partial charge in [-0.1, -0.05) is 41.7 Å². The number of hydrogen-bond donors (Lipinski definition) is 0. The normalized spacial score (nSPS) is 10.9. The molecule has 0 fully saturated rings. The van der Waals surface area contributed by atoms with E-state index in [1.165, 1.54) is 11.3 Å². The van der Waals surface area contributed by atoms with Crippen LogP contribution in [0.3, 0.4) is 0 Å². The van der Waals surface area contributed by atoms with Crippen LogP contribution in [0.1, 0.15) is 21.2 Å². The number of imidazole rings is 1. The molecule has 2 aromatic heterocycles. The highest BCUT2D eigenvalue weighted by molar-refractivity contribution is 7.18. The third-order valence-corrected chi connectivity index (χ3v) is 4.00. The third kappa shape index (κ3) is 2.30. The van der Waals surface area contributed by atoms with Crippen molar-refractivity contribution < 1.29 is 4.79 Å². The van der Waals surface area contributed by atoms with Gasteiger partial charge in [0.25, 0.3) is 5.91 Å². The number of fused-ring (bicyclic) bond motifs is 1. The minimum atomic E-state index is -0.0676. The fourth-order valence-corrected chi connectivity index (χ4v) is 2.93. The summed E-state index contributed by atoms with van der Waals surface area (Å²) in [6, 6.07) is 9.91. The van der Waals surface area contributed by atoms with Gasteiger partial charge in [-0.2, -0.15) is 0 Å². The van der Waals surface area contributed by atoms with Crippen molar-refractivity contribution >= 4 is 22.1 Å². The molecule has 0 spiro atoms. The Labute approximate surface area is 120 Å². The van der Waals surface area contributed by atoms with Crippen LogP contribution < -0.4 is 0 Å². The van der Waals surface area contributed by atoms with Gasteiger partial charge in [-0.05, 0) is 12.5 Å². The number of benzene rings is 1. The van der Waals surface area contributed by atoms with Crippen LogP contribution in [0.5, 0.6) is 0 Å². The van der Waals surface area contributed by atoms with Crippen molar-refractivity contribution in [2.75, 3.05) is 7.05 Å². The van der Waals surface area contributed by atoms with Crippen LogP contribution in [0.4, 0.5) is 0 Å². The van der Waals surface area contributed by atoms with Gasteiger partial charge in [0.2, 0.25) is 5.01 Å². The van der Waals surface area contributed by atoms with Crippen LogP contribution in [0.2, 0.25) is 0 Å². The van der Waals surface area contributed by atoms with Crippen molar-refractivity contribution in [3.8, 4) is 0 Å². The molecule has 2 heterocycles. The Hall–Kier alpha value is -2.21. The molecule has 20 heavy (non-hydrogen) atoms.